The van der Waals surface area contributed by atoms with Crippen LogP contribution in [0, 0.1) is 5.82 Å². The molecule has 1 aliphatic rings. The molecule has 0 spiro atoms. The van der Waals surface area contributed by atoms with Gasteiger partial charge in [0.15, 0.2) is 5.82 Å². The Hall–Kier alpha value is -4.16. The average molecular weight is 619 g/mol. The molecule has 1 unspecified atom stereocenters. The third kappa shape index (κ3) is 5.77. The number of hydrogen-bond acceptors (Lipinski definition) is 6. The molecular weight excluding hydrogens is 599 g/mol. The van der Waals surface area contributed by atoms with Gasteiger partial charge in [0.1, 0.15) is 0 Å². The zero-order valence-corrected chi connectivity index (χ0v) is 22.8. The molecule has 1 aliphatic heterocycles. The number of nitrogens with one attached hydrogen (secondary N) is 3. The van der Waals surface area contributed by atoms with E-state index in [-0.39, 0.29) is 17.9 Å². The molecule has 5 rings (SSSR count). The smallest absolute Gasteiger partial charge is 0.327 e. The summed E-state index contributed by atoms with van der Waals surface area (Å²) in [5.41, 5.74) is 2.89. The largest absolute Gasteiger partial charge is 0.428 e. The summed E-state index contributed by atoms with van der Waals surface area (Å²) in [5, 5.41) is 2.40. The first-order chi connectivity index (χ1) is 20.1. The van der Waals surface area contributed by atoms with Gasteiger partial charge in [-0.3, -0.25) is 30.4 Å². The minimum absolute atomic E-state index is 0.0255. The highest BCUT2D eigenvalue weighted by Gasteiger charge is 2.60. The van der Waals surface area contributed by atoms with E-state index in [4.69, 9.17) is 32.9 Å². The molecule has 0 bridgehead atoms. The number of fused-ring (bicyclic) bond motifs is 1. The number of nitrogens with zero attached hydrogens (tertiary/aromatic N) is 1. The Morgan fingerprint density at radius 1 is 1.02 bits per heavy atom. The maximum absolute atomic E-state index is 14.5. The number of hydrogen-bond donors (Lipinski definition) is 3. The first-order valence-electron chi connectivity index (χ1n) is 12.2. The predicted octanol–water partition coefficient (Wildman–Crippen LogP) is 6.94. The van der Waals surface area contributed by atoms with E-state index in [0.29, 0.717) is 16.3 Å². The molecule has 7 nitrogen and oxygen atoms in total. The summed E-state index contributed by atoms with van der Waals surface area (Å²) < 4.78 is 57.3. The van der Waals surface area contributed by atoms with Crippen molar-refractivity contribution in [2.75, 3.05) is 0 Å². The van der Waals surface area contributed by atoms with Crippen molar-refractivity contribution in [1.82, 2.24) is 21.3 Å². The lowest BCUT2D eigenvalue weighted by atomic mass is 9.90. The first kappa shape index (κ1) is 29.3. The number of carbonyl (C=O) groups is 1. The topological polar surface area (TPSA) is 84.5 Å². The number of aromatic nitrogens is 1. The quantitative estimate of drug-likeness (QED) is 0.0859. The second-order valence-corrected chi connectivity index (χ2v) is 9.84. The Morgan fingerprint density at radius 2 is 1.71 bits per heavy atom. The van der Waals surface area contributed by atoms with Crippen LogP contribution in [-0.2, 0) is 21.9 Å². The molecule has 0 aliphatic carbocycles. The molecule has 3 N–H and O–H groups in total. The number of hydroxylamine groups is 2. The van der Waals surface area contributed by atoms with E-state index >= 15 is 0 Å². The number of pyridine rings is 1. The van der Waals surface area contributed by atoms with Gasteiger partial charge in [-0.1, -0.05) is 53.5 Å². The van der Waals surface area contributed by atoms with E-state index in [1.54, 1.807) is 48.8 Å². The Labute approximate surface area is 246 Å². The zero-order valence-electron chi connectivity index (χ0n) is 21.3. The van der Waals surface area contributed by atoms with Crippen molar-refractivity contribution in [3.63, 3.8) is 0 Å². The molecule has 4 aromatic rings. The summed E-state index contributed by atoms with van der Waals surface area (Å²) >= 11 is 11.6. The van der Waals surface area contributed by atoms with Gasteiger partial charge in [0.05, 0.1) is 22.3 Å². The van der Waals surface area contributed by atoms with E-state index in [1.807, 2.05) is 0 Å². The molecular formula is C29H20Cl2F4N4O3. The van der Waals surface area contributed by atoms with Crippen LogP contribution in [0.3, 0.4) is 0 Å². The van der Waals surface area contributed by atoms with Gasteiger partial charge >= 0.3 is 6.18 Å². The highest BCUT2D eigenvalue weighted by Crippen LogP contribution is 2.49. The minimum atomic E-state index is -4.98. The van der Waals surface area contributed by atoms with Crippen LogP contribution < -0.4 is 16.3 Å². The molecule has 1 amide bonds. The van der Waals surface area contributed by atoms with Crippen molar-refractivity contribution in [2.24, 2.45) is 0 Å². The molecule has 1 atom stereocenters. The maximum Gasteiger partial charge on any atom is 0.428 e. The third-order valence-electron chi connectivity index (χ3n) is 6.40. The minimum Gasteiger partial charge on any atom is -0.327 e. The molecule has 0 fully saturated rings. The lowest BCUT2D eigenvalue weighted by Crippen LogP contribution is -2.42. The van der Waals surface area contributed by atoms with E-state index in [1.165, 1.54) is 24.5 Å². The Morgan fingerprint density at radius 3 is 2.40 bits per heavy atom. The summed E-state index contributed by atoms with van der Waals surface area (Å²) in [7, 11) is 0. The van der Waals surface area contributed by atoms with Crippen LogP contribution in [0.5, 0.6) is 0 Å². The van der Waals surface area contributed by atoms with Crippen molar-refractivity contribution in [3.8, 4) is 0 Å². The van der Waals surface area contributed by atoms with Gasteiger partial charge in [-0.25, -0.2) is 4.39 Å². The van der Waals surface area contributed by atoms with E-state index in [2.05, 4.69) is 21.3 Å². The van der Waals surface area contributed by atoms with Gasteiger partial charge in [-0.05, 0) is 52.7 Å². The lowest BCUT2D eigenvalue weighted by Gasteiger charge is -2.28. The van der Waals surface area contributed by atoms with Gasteiger partial charge < -0.3 is 5.32 Å². The molecule has 2 heterocycles. The summed E-state index contributed by atoms with van der Waals surface area (Å²) in [6.07, 6.45) is 1.87. The molecule has 13 heteroatoms. The maximum atomic E-state index is 14.5. The van der Waals surface area contributed by atoms with Crippen LogP contribution in [0.15, 0.2) is 91.5 Å². The average Bonchev–Trinajstić information content (AvgIpc) is 3.44. The Bertz CT molecular complexity index is 1680. The fraction of sp³-hybridized carbons (Fsp3) is 0.103. The predicted molar refractivity (Wildman–Crippen MR) is 149 cm³/mol. The number of carbonyl (C=O) groups excluding carboxylic acids is 1. The normalized spacial score (nSPS) is 16.9. The van der Waals surface area contributed by atoms with Crippen LogP contribution in [0.4, 0.5) is 17.6 Å². The number of amides is 1. The number of alkyl halides is 3. The van der Waals surface area contributed by atoms with Crippen LogP contribution in [0.1, 0.15) is 27.0 Å². The monoisotopic (exact) mass is 618 g/mol. The lowest BCUT2D eigenvalue weighted by molar-refractivity contribution is -0.269. The van der Waals surface area contributed by atoms with E-state index in [9.17, 15) is 22.4 Å². The first-order valence-corrected chi connectivity index (χ1v) is 13.0. The van der Waals surface area contributed by atoms with Crippen LogP contribution >= 0.6 is 23.2 Å². The van der Waals surface area contributed by atoms with Gasteiger partial charge in [0.25, 0.3) is 5.91 Å². The second-order valence-electron chi connectivity index (χ2n) is 9.02. The van der Waals surface area contributed by atoms with Crippen molar-refractivity contribution >= 4 is 45.6 Å². The SMILES string of the molecule is O=C(NC=CNOCc1ccncc1)c1ccc(C2=CC(c3cc(Cl)c(F)c(Cl)c3)(C(F)(F)F)ON2)c2ccccc12. The molecule has 216 valence electrons. The highest BCUT2D eigenvalue weighted by molar-refractivity contribution is 6.35. The molecule has 0 saturated heterocycles. The summed E-state index contributed by atoms with van der Waals surface area (Å²) in [4.78, 5) is 27.3. The van der Waals surface area contributed by atoms with Gasteiger partial charge in [0, 0.05) is 41.5 Å². The number of halogens is 6. The van der Waals surface area contributed by atoms with Crippen LogP contribution in [0.25, 0.3) is 16.5 Å². The molecule has 42 heavy (non-hydrogen) atoms. The fourth-order valence-electron chi connectivity index (χ4n) is 4.36. The number of benzene rings is 3. The third-order valence-corrected chi connectivity index (χ3v) is 6.95. The Kier molecular flexibility index (Phi) is 8.37. The van der Waals surface area contributed by atoms with Gasteiger partial charge in [0.2, 0.25) is 5.60 Å². The summed E-state index contributed by atoms with van der Waals surface area (Å²) in [6, 6.07) is 14.9. The van der Waals surface area contributed by atoms with Crippen LogP contribution in [0.2, 0.25) is 10.0 Å². The number of rotatable bonds is 8. The van der Waals surface area contributed by atoms with Gasteiger partial charge in [-0.15, -0.1) is 0 Å². The molecule has 1 aromatic heterocycles. The van der Waals surface area contributed by atoms with E-state index in [0.717, 1.165) is 23.8 Å². The van der Waals surface area contributed by atoms with Crippen molar-refractivity contribution < 1.29 is 32.0 Å². The standard InChI is InChI=1S/C29H20Cl2F4N4O3/c30-23-13-18(14-24(31)26(23)32)28(29(33,34)35)15-25(39-42-28)21-5-6-22(20-4-2-1-3-19(20)21)27(40)37-11-12-38-41-16-17-7-9-36-10-8-17/h1-15,38-39H,16H2,(H,37,40). The Balaban J connectivity index is 1.40. The van der Waals surface area contributed by atoms with Crippen LogP contribution in [-0.4, -0.2) is 17.1 Å². The van der Waals surface area contributed by atoms with Gasteiger partial charge in [-0.2, -0.15) is 13.2 Å². The molecule has 3 aromatic carbocycles. The zero-order chi connectivity index (χ0) is 29.9. The molecule has 0 radical (unpaired) electrons. The van der Waals surface area contributed by atoms with E-state index < -0.39 is 39.1 Å². The second kappa shape index (κ2) is 12.0. The summed E-state index contributed by atoms with van der Waals surface area (Å²) in [6.45, 7) is 0.275. The summed E-state index contributed by atoms with van der Waals surface area (Å²) in [5.74, 6) is -1.51. The highest BCUT2D eigenvalue weighted by atomic mass is 35.5. The van der Waals surface area contributed by atoms with Crippen molar-refractivity contribution in [1.29, 1.82) is 0 Å². The molecule has 0 saturated carbocycles. The van der Waals surface area contributed by atoms with Crippen molar-refractivity contribution in [3.05, 3.63) is 130 Å². The van der Waals surface area contributed by atoms with Crippen molar-refractivity contribution in [2.45, 2.75) is 18.4 Å². The fourth-order valence-corrected chi connectivity index (χ4v) is 4.85.